The van der Waals surface area contributed by atoms with Crippen molar-refractivity contribution in [2.75, 3.05) is 20.2 Å². The Bertz CT molecular complexity index is 1380. The maximum atomic E-state index is 13.3. The highest BCUT2D eigenvalue weighted by atomic mass is 35.5. The van der Waals surface area contributed by atoms with E-state index in [-0.39, 0.29) is 17.3 Å². The molecule has 4 rings (SSSR count). The van der Waals surface area contributed by atoms with E-state index < -0.39 is 34.5 Å². The number of piperazine rings is 1. The fourth-order valence-corrected chi connectivity index (χ4v) is 6.82. The van der Waals surface area contributed by atoms with E-state index in [1.165, 1.54) is 18.1 Å². The minimum absolute atomic E-state index is 0.0689. The number of rotatable bonds is 5. The Labute approximate surface area is 199 Å². The summed E-state index contributed by atoms with van der Waals surface area (Å²) in [6.07, 6.45) is 0. The summed E-state index contributed by atoms with van der Waals surface area (Å²) < 4.78 is 33.3. The second kappa shape index (κ2) is 9.11. The molecule has 1 saturated heterocycles. The summed E-state index contributed by atoms with van der Waals surface area (Å²) in [6, 6.07) is 12.1. The number of benzene rings is 2. The van der Waals surface area contributed by atoms with Gasteiger partial charge in [-0.3, -0.25) is 4.79 Å². The highest BCUT2D eigenvalue weighted by molar-refractivity contribution is 7.91. The zero-order chi connectivity index (χ0) is 23.8. The second-order valence-corrected chi connectivity index (χ2v) is 11.1. The Hall–Kier alpha value is -2.97. The molecule has 1 amide bonds. The zero-order valence-electron chi connectivity index (χ0n) is 17.4. The van der Waals surface area contributed by atoms with E-state index in [0.717, 1.165) is 21.0 Å². The van der Waals surface area contributed by atoms with Crippen molar-refractivity contribution in [2.24, 2.45) is 0 Å². The number of ether oxygens (including phenoxy) is 1. The summed E-state index contributed by atoms with van der Waals surface area (Å²) in [6.45, 7) is 6.51. The molecular weight excluding hydrogens is 486 g/mol. The van der Waals surface area contributed by atoms with E-state index in [0.29, 0.717) is 21.0 Å². The Kier molecular flexibility index (Phi) is 6.41. The normalized spacial score (nSPS) is 17.2. The number of methoxy groups -OCH3 is 1. The van der Waals surface area contributed by atoms with Gasteiger partial charge >= 0.3 is 5.97 Å². The molecule has 1 atom stereocenters. The first kappa shape index (κ1) is 23.2. The number of amides is 1. The van der Waals surface area contributed by atoms with Crippen molar-refractivity contribution in [3.05, 3.63) is 70.5 Å². The Morgan fingerprint density at radius 1 is 1.24 bits per heavy atom. The lowest BCUT2D eigenvalue weighted by molar-refractivity contribution is -0.157. The van der Waals surface area contributed by atoms with Gasteiger partial charge in [0.1, 0.15) is 10.3 Å². The molecule has 0 spiro atoms. The van der Waals surface area contributed by atoms with E-state index in [1.807, 2.05) is 0 Å². The van der Waals surface area contributed by atoms with Gasteiger partial charge in [0.2, 0.25) is 5.91 Å². The molecule has 0 aliphatic carbocycles. The molecule has 0 N–H and O–H groups in total. The quantitative estimate of drug-likeness (QED) is 0.391. The number of hydrogen-bond donors (Lipinski definition) is 0. The molecule has 1 aliphatic heterocycles. The number of fused-ring (bicyclic) bond motifs is 1. The topological polar surface area (TPSA) is 88.4 Å². The first-order chi connectivity index (χ1) is 15.7. The zero-order valence-corrected chi connectivity index (χ0v) is 19.8. The number of thiophene rings is 1. The van der Waals surface area contributed by atoms with Crippen LogP contribution in [-0.2, 0) is 30.9 Å². The summed E-state index contributed by atoms with van der Waals surface area (Å²) in [7, 11) is -2.84. The molecule has 33 heavy (non-hydrogen) atoms. The average Bonchev–Trinajstić information content (AvgIpc) is 3.24. The van der Waals surface area contributed by atoms with Gasteiger partial charge in [-0.1, -0.05) is 41.9 Å². The summed E-state index contributed by atoms with van der Waals surface area (Å²) in [5, 5.41) is 1.22. The monoisotopic (exact) mass is 503 g/mol. The van der Waals surface area contributed by atoms with Crippen LogP contribution < -0.4 is 0 Å². The van der Waals surface area contributed by atoms with Crippen LogP contribution in [0.25, 0.3) is 14.9 Å². The number of nitrogens with zero attached hydrogens (tertiary/aromatic N) is 3. The number of esters is 1. The minimum atomic E-state index is -4.03. The Morgan fingerprint density at radius 2 is 1.97 bits per heavy atom. The molecule has 0 radical (unpaired) electrons. The number of hydrogen-bond acceptors (Lipinski definition) is 6. The highest BCUT2D eigenvalue weighted by Crippen LogP contribution is 2.33. The third kappa shape index (κ3) is 4.58. The minimum Gasteiger partial charge on any atom is -0.467 e. The van der Waals surface area contributed by atoms with Gasteiger partial charge in [-0.25, -0.2) is 18.1 Å². The van der Waals surface area contributed by atoms with Crippen LogP contribution in [0, 0.1) is 6.57 Å². The van der Waals surface area contributed by atoms with Crippen LogP contribution in [0.2, 0.25) is 5.02 Å². The first-order valence-electron chi connectivity index (χ1n) is 9.76. The van der Waals surface area contributed by atoms with Crippen molar-refractivity contribution >= 4 is 60.6 Å². The number of halogens is 1. The number of sulfonamides is 1. The summed E-state index contributed by atoms with van der Waals surface area (Å²) in [5.74, 6) is -1.22. The standard InChI is InChI=1S/C22H18ClN3O5S2/c1-24-17-7-3-14(4-8-17)11-26-18(22(28)31-2)12-25(13-20(26)27)33(29,30)21-9-15-5-6-16(23)10-19(15)32-21/h3-10,18H,11-13H2,2H3/t18-/m1/s1. The molecule has 3 aromatic rings. The van der Waals surface area contributed by atoms with E-state index in [4.69, 9.17) is 22.9 Å². The average molecular weight is 504 g/mol. The van der Waals surface area contributed by atoms with Crippen molar-refractivity contribution in [3.8, 4) is 0 Å². The van der Waals surface area contributed by atoms with Crippen LogP contribution in [0.1, 0.15) is 5.56 Å². The lowest BCUT2D eigenvalue weighted by Crippen LogP contribution is -2.60. The van der Waals surface area contributed by atoms with Gasteiger partial charge in [-0.05, 0) is 29.1 Å². The molecule has 11 heteroatoms. The molecular formula is C22H18ClN3O5S2. The maximum absolute atomic E-state index is 13.3. The summed E-state index contributed by atoms with van der Waals surface area (Å²) in [4.78, 5) is 30.2. The van der Waals surface area contributed by atoms with Crippen molar-refractivity contribution < 1.29 is 22.7 Å². The van der Waals surface area contributed by atoms with Crippen LogP contribution in [0.15, 0.2) is 52.7 Å². The maximum Gasteiger partial charge on any atom is 0.329 e. The summed E-state index contributed by atoms with van der Waals surface area (Å²) in [5.41, 5.74) is 1.16. The molecule has 1 aromatic heterocycles. The van der Waals surface area contributed by atoms with Crippen LogP contribution in [0.4, 0.5) is 5.69 Å². The lowest BCUT2D eigenvalue weighted by Gasteiger charge is -2.38. The van der Waals surface area contributed by atoms with E-state index in [2.05, 4.69) is 4.85 Å². The smallest absolute Gasteiger partial charge is 0.329 e. The van der Waals surface area contributed by atoms with Crippen molar-refractivity contribution in [2.45, 2.75) is 16.8 Å². The molecule has 0 saturated carbocycles. The van der Waals surface area contributed by atoms with Gasteiger partial charge in [-0.15, -0.1) is 11.3 Å². The number of carbonyl (C=O) groups is 2. The number of carbonyl (C=O) groups excluding carboxylic acids is 2. The van der Waals surface area contributed by atoms with Gasteiger partial charge in [0, 0.05) is 22.8 Å². The molecule has 2 aromatic carbocycles. The van der Waals surface area contributed by atoms with E-state index in [1.54, 1.807) is 42.5 Å². The fourth-order valence-electron chi connectivity index (χ4n) is 3.60. The van der Waals surface area contributed by atoms with Gasteiger partial charge in [0.25, 0.3) is 10.0 Å². The third-order valence-corrected chi connectivity index (χ3v) is 8.92. The summed E-state index contributed by atoms with van der Waals surface area (Å²) >= 11 is 7.07. The third-order valence-electron chi connectivity index (χ3n) is 5.33. The van der Waals surface area contributed by atoms with Gasteiger partial charge < -0.3 is 9.64 Å². The fraction of sp³-hybridized carbons (Fsp3) is 0.227. The van der Waals surface area contributed by atoms with Crippen LogP contribution in [-0.4, -0.2) is 55.7 Å². The largest absolute Gasteiger partial charge is 0.467 e. The van der Waals surface area contributed by atoms with Gasteiger partial charge in [-0.2, -0.15) is 4.31 Å². The van der Waals surface area contributed by atoms with Crippen molar-refractivity contribution in [1.82, 2.24) is 9.21 Å². The van der Waals surface area contributed by atoms with Crippen molar-refractivity contribution in [1.29, 1.82) is 0 Å². The predicted molar refractivity (Wildman–Crippen MR) is 125 cm³/mol. The van der Waals surface area contributed by atoms with Gasteiger partial charge in [0.15, 0.2) is 5.69 Å². The van der Waals surface area contributed by atoms with Crippen LogP contribution >= 0.6 is 22.9 Å². The Balaban J connectivity index is 1.62. The first-order valence-corrected chi connectivity index (χ1v) is 12.4. The molecule has 0 unspecified atom stereocenters. The van der Waals surface area contributed by atoms with Crippen LogP contribution in [0.5, 0.6) is 0 Å². The van der Waals surface area contributed by atoms with E-state index in [9.17, 15) is 18.0 Å². The highest BCUT2D eigenvalue weighted by Gasteiger charge is 2.42. The van der Waals surface area contributed by atoms with Gasteiger partial charge in [0.05, 0.1) is 20.2 Å². The Morgan fingerprint density at radius 3 is 2.64 bits per heavy atom. The molecule has 1 fully saturated rings. The SMILES string of the molecule is [C-]#[N+]c1ccc(CN2C(=O)CN(S(=O)(=O)c3cc4ccc(Cl)cc4s3)C[C@@H]2C(=O)OC)cc1. The predicted octanol–water partition coefficient (Wildman–Crippen LogP) is 3.68. The van der Waals surface area contributed by atoms with Crippen molar-refractivity contribution in [3.63, 3.8) is 0 Å². The van der Waals surface area contributed by atoms with Crippen LogP contribution in [0.3, 0.4) is 0 Å². The van der Waals surface area contributed by atoms with E-state index >= 15 is 0 Å². The molecule has 0 bridgehead atoms. The molecule has 170 valence electrons. The molecule has 1 aliphatic rings. The lowest BCUT2D eigenvalue weighted by atomic mass is 10.1. The molecule has 2 heterocycles. The molecule has 8 nitrogen and oxygen atoms in total. The second-order valence-electron chi connectivity index (χ2n) is 7.38.